The van der Waals surface area contributed by atoms with Crippen LogP contribution in [0.25, 0.3) is 0 Å². The molecule has 6 nitrogen and oxygen atoms in total. The Morgan fingerprint density at radius 1 is 1.71 bits per heavy atom. The van der Waals surface area contributed by atoms with Crippen molar-refractivity contribution in [3.05, 3.63) is 24.4 Å². The first-order chi connectivity index (χ1) is 8.31. The summed E-state index contributed by atoms with van der Waals surface area (Å²) in [4.78, 5) is 6.56. The molecule has 0 aliphatic carbocycles. The molecule has 1 aliphatic rings. The van der Waals surface area contributed by atoms with E-state index < -0.39 is 0 Å². The Morgan fingerprint density at radius 3 is 3.35 bits per heavy atom. The molecule has 17 heavy (non-hydrogen) atoms. The summed E-state index contributed by atoms with van der Waals surface area (Å²) in [6.45, 7) is 7.24. The summed E-state index contributed by atoms with van der Waals surface area (Å²) < 4.78 is 10.4. The lowest BCUT2D eigenvalue weighted by atomic mass is 10.2. The molecule has 2 rings (SSSR count). The van der Waals surface area contributed by atoms with Gasteiger partial charge in [0.05, 0.1) is 12.6 Å². The average Bonchev–Trinajstić information content (AvgIpc) is 2.79. The molecular weight excluding hydrogens is 220 g/mol. The van der Waals surface area contributed by atoms with Crippen molar-refractivity contribution in [2.45, 2.75) is 12.6 Å². The van der Waals surface area contributed by atoms with Crippen molar-refractivity contribution in [3.8, 4) is 0 Å². The molecule has 1 atom stereocenters. The van der Waals surface area contributed by atoms with Gasteiger partial charge in [-0.1, -0.05) is 11.2 Å². The van der Waals surface area contributed by atoms with Crippen LogP contribution < -0.4 is 5.32 Å². The quantitative estimate of drug-likeness (QED) is 0.590. The van der Waals surface area contributed by atoms with Crippen LogP contribution in [0.1, 0.15) is 17.8 Å². The maximum absolute atomic E-state index is 5.25. The highest BCUT2D eigenvalue weighted by molar-refractivity contribution is 4.97. The zero-order valence-corrected chi connectivity index (χ0v) is 10.1. The van der Waals surface area contributed by atoms with E-state index in [0.717, 1.165) is 25.5 Å². The number of nitrogens with zero attached hydrogens (tertiary/aromatic N) is 3. The minimum absolute atomic E-state index is 0.181. The van der Waals surface area contributed by atoms with Crippen LogP contribution >= 0.6 is 0 Å². The second-order valence-corrected chi connectivity index (χ2v) is 4.05. The molecule has 0 aromatic carbocycles. The SMILES string of the molecule is C=CCOCc1nc(C2CNCCN2C)no1. The summed E-state index contributed by atoms with van der Waals surface area (Å²) in [6, 6.07) is 0.181. The van der Waals surface area contributed by atoms with Gasteiger partial charge in [0.15, 0.2) is 5.82 Å². The fourth-order valence-corrected chi connectivity index (χ4v) is 1.79. The number of ether oxygens (including phenoxy) is 1. The third kappa shape index (κ3) is 3.12. The van der Waals surface area contributed by atoms with Crippen LogP contribution in [-0.2, 0) is 11.3 Å². The zero-order chi connectivity index (χ0) is 12.1. The number of hydrogen-bond donors (Lipinski definition) is 1. The molecule has 0 amide bonds. The van der Waals surface area contributed by atoms with Crippen molar-refractivity contribution in [1.29, 1.82) is 0 Å². The third-order valence-corrected chi connectivity index (χ3v) is 2.75. The second-order valence-electron chi connectivity index (χ2n) is 4.05. The van der Waals surface area contributed by atoms with E-state index in [1.807, 2.05) is 0 Å². The summed E-state index contributed by atoms with van der Waals surface area (Å²) in [7, 11) is 2.07. The Hall–Kier alpha value is -1.24. The highest BCUT2D eigenvalue weighted by Crippen LogP contribution is 2.17. The van der Waals surface area contributed by atoms with Gasteiger partial charge in [0, 0.05) is 19.6 Å². The molecule has 1 aromatic rings. The first kappa shape index (κ1) is 12.2. The van der Waals surface area contributed by atoms with Crippen molar-refractivity contribution in [3.63, 3.8) is 0 Å². The lowest BCUT2D eigenvalue weighted by molar-refractivity contribution is 0.121. The Morgan fingerprint density at radius 2 is 2.59 bits per heavy atom. The maximum atomic E-state index is 5.25. The van der Waals surface area contributed by atoms with Gasteiger partial charge < -0.3 is 14.6 Å². The molecule has 0 radical (unpaired) electrons. The van der Waals surface area contributed by atoms with Gasteiger partial charge >= 0.3 is 0 Å². The Labute approximate surface area is 101 Å². The Bertz CT molecular complexity index is 366. The molecule has 6 heteroatoms. The van der Waals surface area contributed by atoms with E-state index in [1.165, 1.54) is 0 Å². The lowest BCUT2D eigenvalue weighted by Crippen LogP contribution is -2.44. The summed E-state index contributed by atoms with van der Waals surface area (Å²) in [5, 5.41) is 7.31. The fourth-order valence-electron chi connectivity index (χ4n) is 1.79. The topological polar surface area (TPSA) is 63.4 Å². The van der Waals surface area contributed by atoms with Crippen LogP contribution in [0.5, 0.6) is 0 Å². The average molecular weight is 238 g/mol. The van der Waals surface area contributed by atoms with E-state index in [1.54, 1.807) is 6.08 Å². The number of nitrogens with one attached hydrogen (secondary N) is 1. The molecule has 0 spiro atoms. The van der Waals surface area contributed by atoms with Gasteiger partial charge in [0.2, 0.25) is 0 Å². The van der Waals surface area contributed by atoms with Crippen molar-refractivity contribution in [2.24, 2.45) is 0 Å². The van der Waals surface area contributed by atoms with E-state index in [9.17, 15) is 0 Å². The number of piperazine rings is 1. The largest absolute Gasteiger partial charge is 0.368 e. The number of likely N-dealkylation sites (N-methyl/N-ethyl adjacent to an activating group) is 1. The Balaban J connectivity index is 1.94. The lowest BCUT2D eigenvalue weighted by Gasteiger charge is -2.30. The van der Waals surface area contributed by atoms with Crippen LogP contribution in [0.2, 0.25) is 0 Å². The van der Waals surface area contributed by atoms with Gasteiger partial charge in [0.25, 0.3) is 5.89 Å². The molecule has 1 fully saturated rings. The monoisotopic (exact) mass is 238 g/mol. The van der Waals surface area contributed by atoms with E-state index >= 15 is 0 Å². The summed E-state index contributed by atoms with van der Waals surface area (Å²) in [5.74, 6) is 1.23. The molecule has 1 saturated heterocycles. The summed E-state index contributed by atoms with van der Waals surface area (Å²) in [6.07, 6.45) is 1.69. The predicted octanol–water partition coefficient (Wildman–Crippen LogP) is 0.348. The smallest absolute Gasteiger partial charge is 0.252 e. The van der Waals surface area contributed by atoms with Gasteiger partial charge in [-0.25, -0.2) is 0 Å². The molecule has 0 bridgehead atoms. The fraction of sp³-hybridized carbons (Fsp3) is 0.636. The second kappa shape index (κ2) is 5.90. The van der Waals surface area contributed by atoms with Crippen LogP contribution in [0, 0.1) is 0 Å². The van der Waals surface area contributed by atoms with Crippen LogP contribution in [0.3, 0.4) is 0 Å². The molecule has 0 saturated carbocycles. The first-order valence-electron chi connectivity index (χ1n) is 5.73. The van der Waals surface area contributed by atoms with Gasteiger partial charge in [0.1, 0.15) is 6.61 Å². The molecule has 2 heterocycles. The van der Waals surface area contributed by atoms with Crippen LogP contribution in [0.4, 0.5) is 0 Å². The van der Waals surface area contributed by atoms with Gasteiger partial charge in [-0.2, -0.15) is 4.98 Å². The van der Waals surface area contributed by atoms with Crippen molar-refractivity contribution < 1.29 is 9.26 Å². The van der Waals surface area contributed by atoms with Crippen molar-refractivity contribution >= 4 is 0 Å². The number of hydrogen-bond acceptors (Lipinski definition) is 6. The standard InChI is InChI=1S/C11H18N4O2/c1-3-6-16-8-10-13-11(14-17-10)9-7-12-4-5-15(9)2/h3,9,12H,1,4-8H2,2H3. The van der Waals surface area contributed by atoms with E-state index in [0.29, 0.717) is 19.1 Å². The maximum Gasteiger partial charge on any atom is 0.252 e. The minimum atomic E-state index is 0.181. The third-order valence-electron chi connectivity index (χ3n) is 2.75. The predicted molar refractivity (Wildman–Crippen MR) is 62.4 cm³/mol. The minimum Gasteiger partial charge on any atom is -0.368 e. The van der Waals surface area contributed by atoms with E-state index in [4.69, 9.17) is 9.26 Å². The molecule has 1 aliphatic heterocycles. The Kier molecular flexibility index (Phi) is 4.24. The van der Waals surface area contributed by atoms with Crippen molar-refractivity contribution in [1.82, 2.24) is 20.4 Å². The summed E-state index contributed by atoms with van der Waals surface area (Å²) >= 11 is 0. The van der Waals surface area contributed by atoms with E-state index in [2.05, 4.69) is 34.0 Å². The molecule has 1 N–H and O–H groups in total. The zero-order valence-electron chi connectivity index (χ0n) is 10.1. The normalized spacial score (nSPS) is 21.6. The van der Waals surface area contributed by atoms with Crippen molar-refractivity contribution in [2.75, 3.05) is 33.3 Å². The van der Waals surface area contributed by atoms with Crippen LogP contribution in [0.15, 0.2) is 17.2 Å². The van der Waals surface area contributed by atoms with Gasteiger partial charge in [-0.3, -0.25) is 4.90 Å². The molecule has 1 aromatic heterocycles. The molecule has 94 valence electrons. The van der Waals surface area contributed by atoms with E-state index in [-0.39, 0.29) is 6.04 Å². The highest BCUT2D eigenvalue weighted by atomic mass is 16.5. The van der Waals surface area contributed by atoms with Gasteiger partial charge in [-0.15, -0.1) is 6.58 Å². The molecular formula is C11H18N4O2. The summed E-state index contributed by atoms with van der Waals surface area (Å²) in [5.41, 5.74) is 0. The van der Waals surface area contributed by atoms with Crippen LogP contribution in [-0.4, -0.2) is 48.3 Å². The number of rotatable bonds is 5. The van der Waals surface area contributed by atoms with Gasteiger partial charge in [-0.05, 0) is 7.05 Å². The number of aromatic nitrogens is 2. The molecule has 1 unspecified atom stereocenters. The first-order valence-corrected chi connectivity index (χ1v) is 5.73. The highest BCUT2D eigenvalue weighted by Gasteiger charge is 2.25.